The van der Waals surface area contributed by atoms with Crippen LogP contribution in [0.5, 0.6) is 0 Å². The van der Waals surface area contributed by atoms with Gasteiger partial charge in [-0.25, -0.2) is 0 Å². The largest absolute Gasteiger partial charge is 0.481 e. The SMILES string of the molecule is CC(C)(CC(=O)O)NC(=O)CNC(=O)c1ccc(Br)cc1. The Bertz CT molecular complexity index is 540. The maximum Gasteiger partial charge on any atom is 0.305 e. The third-order valence-corrected chi connectivity index (χ3v) is 3.12. The van der Waals surface area contributed by atoms with Crippen molar-refractivity contribution in [3.05, 3.63) is 34.3 Å². The minimum absolute atomic E-state index is 0.195. The molecule has 0 saturated heterocycles. The number of carbonyl (C=O) groups is 3. The second kappa shape index (κ2) is 7.21. The quantitative estimate of drug-likeness (QED) is 0.720. The Hall–Kier alpha value is -1.89. The van der Waals surface area contributed by atoms with E-state index in [0.29, 0.717) is 5.56 Å². The van der Waals surface area contributed by atoms with Crippen LogP contribution in [0, 0.1) is 0 Å². The van der Waals surface area contributed by atoms with Crippen molar-refractivity contribution in [1.82, 2.24) is 10.6 Å². The molecule has 0 bridgehead atoms. The van der Waals surface area contributed by atoms with Crippen LogP contribution >= 0.6 is 15.9 Å². The van der Waals surface area contributed by atoms with E-state index in [1.54, 1.807) is 38.1 Å². The molecule has 0 spiro atoms. The molecule has 0 radical (unpaired) electrons. The summed E-state index contributed by atoms with van der Waals surface area (Å²) in [6.45, 7) is 3.00. The van der Waals surface area contributed by atoms with Crippen molar-refractivity contribution >= 4 is 33.7 Å². The Balaban J connectivity index is 2.47. The molecule has 0 heterocycles. The fraction of sp³-hybridized carbons (Fsp3) is 0.357. The molecule has 1 rings (SSSR count). The van der Waals surface area contributed by atoms with E-state index < -0.39 is 17.4 Å². The van der Waals surface area contributed by atoms with Gasteiger partial charge in [0.05, 0.1) is 13.0 Å². The van der Waals surface area contributed by atoms with E-state index in [1.807, 2.05) is 0 Å². The van der Waals surface area contributed by atoms with Crippen LogP contribution in [0.3, 0.4) is 0 Å². The zero-order valence-electron chi connectivity index (χ0n) is 11.8. The van der Waals surface area contributed by atoms with Crippen molar-refractivity contribution in [1.29, 1.82) is 0 Å². The molecule has 0 aromatic heterocycles. The molecular weight excluding hydrogens is 340 g/mol. The first-order chi connectivity index (χ1) is 9.69. The van der Waals surface area contributed by atoms with Gasteiger partial charge < -0.3 is 15.7 Å². The predicted octanol–water partition coefficient (Wildman–Crippen LogP) is 1.55. The Morgan fingerprint density at radius 2 is 1.76 bits per heavy atom. The molecule has 0 aliphatic heterocycles. The lowest BCUT2D eigenvalue weighted by molar-refractivity contribution is -0.138. The number of amides is 2. The molecule has 1 aromatic carbocycles. The molecule has 2 amide bonds. The number of carboxylic acid groups (broad SMARTS) is 1. The minimum atomic E-state index is -1.00. The van der Waals surface area contributed by atoms with Crippen molar-refractivity contribution in [3.63, 3.8) is 0 Å². The molecule has 0 unspecified atom stereocenters. The van der Waals surface area contributed by atoms with Crippen LogP contribution in [0.15, 0.2) is 28.7 Å². The van der Waals surface area contributed by atoms with Crippen LogP contribution < -0.4 is 10.6 Å². The molecule has 1 aromatic rings. The summed E-state index contributed by atoms with van der Waals surface area (Å²) in [5, 5.41) is 13.8. The van der Waals surface area contributed by atoms with Gasteiger partial charge in [-0.15, -0.1) is 0 Å². The van der Waals surface area contributed by atoms with Crippen LogP contribution in [-0.4, -0.2) is 35.0 Å². The highest BCUT2D eigenvalue weighted by atomic mass is 79.9. The molecule has 6 nitrogen and oxygen atoms in total. The second-order valence-electron chi connectivity index (χ2n) is 5.19. The lowest BCUT2D eigenvalue weighted by Gasteiger charge is -2.24. The number of aliphatic carboxylic acids is 1. The van der Waals surface area contributed by atoms with E-state index >= 15 is 0 Å². The van der Waals surface area contributed by atoms with Crippen LogP contribution in [0.25, 0.3) is 0 Å². The smallest absolute Gasteiger partial charge is 0.305 e. The third-order valence-electron chi connectivity index (χ3n) is 2.59. The van der Waals surface area contributed by atoms with Gasteiger partial charge in [0.25, 0.3) is 5.91 Å². The number of nitrogens with one attached hydrogen (secondary N) is 2. The lowest BCUT2D eigenvalue weighted by Crippen LogP contribution is -2.48. The minimum Gasteiger partial charge on any atom is -0.481 e. The number of rotatable bonds is 6. The summed E-state index contributed by atoms with van der Waals surface area (Å²) >= 11 is 3.27. The number of benzene rings is 1. The first-order valence-corrected chi connectivity index (χ1v) is 7.05. The van der Waals surface area contributed by atoms with Gasteiger partial charge >= 0.3 is 5.97 Å². The van der Waals surface area contributed by atoms with Crippen molar-refractivity contribution < 1.29 is 19.5 Å². The Morgan fingerprint density at radius 3 is 2.29 bits per heavy atom. The van der Waals surface area contributed by atoms with E-state index in [0.717, 1.165) is 4.47 Å². The number of halogens is 1. The number of carboxylic acids is 1. The number of hydrogen-bond donors (Lipinski definition) is 3. The molecule has 0 atom stereocenters. The summed E-state index contributed by atoms with van der Waals surface area (Å²) in [4.78, 5) is 34.2. The average Bonchev–Trinajstić information content (AvgIpc) is 2.34. The van der Waals surface area contributed by atoms with Gasteiger partial charge in [0.15, 0.2) is 0 Å². The van der Waals surface area contributed by atoms with Crippen molar-refractivity contribution in [3.8, 4) is 0 Å². The summed E-state index contributed by atoms with van der Waals surface area (Å²) in [6, 6.07) is 6.72. The molecule has 0 aliphatic rings. The van der Waals surface area contributed by atoms with Gasteiger partial charge in [-0.1, -0.05) is 15.9 Å². The van der Waals surface area contributed by atoms with Crippen molar-refractivity contribution in [2.75, 3.05) is 6.54 Å². The van der Waals surface area contributed by atoms with E-state index in [2.05, 4.69) is 26.6 Å². The molecule has 114 valence electrons. The zero-order chi connectivity index (χ0) is 16.0. The molecule has 21 heavy (non-hydrogen) atoms. The highest BCUT2D eigenvalue weighted by Gasteiger charge is 2.23. The average molecular weight is 357 g/mol. The van der Waals surface area contributed by atoms with Gasteiger partial charge in [0, 0.05) is 15.6 Å². The summed E-state index contributed by atoms with van der Waals surface area (Å²) in [5.74, 6) is -1.81. The number of carbonyl (C=O) groups excluding carboxylic acids is 2. The van der Waals surface area contributed by atoms with E-state index in [-0.39, 0.29) is 18.9 Å². The Labute approximate surface area is 131 Å². The maximum absolute atomic E-state index is 11.8. The third kappa shape index (κ3) is 6.40. The monoisotopic (exact) mass is 356 g/mol. The molecule has 0 fully saturated rings. The van der Waals surface area contributed by atoms with E-state index in [1.165, 1.54) is 0 Å². The molecule has 3 N–H and O–H groups in total. The summed E-state index contributed by atoms with van der Waals surface area (Å²) in [6.07, 6.45) is -0.195. The summed E-state index contributed by atoms with van der Waals surface area (Å²) < 4.78 is 0.854. The fourth-order valence-corrected chi connectivity index (χ4v) is 1.97. The predicted molar refractivity (Wildman–Crippen MR) is 80.9 cm³/mol. The van der Waals surface area contributed by atoms with Gasteiger partial charge in [-0.2, -0.15) is 0 Å². The van der Waals surface area contributed by atoms with Gasteiger partial charge in [0.1, 0.15) is 0 Å². The number of hydrogen-bond acceptors (Lipinski definition) is 3. The van der Waals surface area contributed by atoms with Crippen molar-refractivity contribution in [2.24, 2.45) is 0 Å². The standard InChI is InChI=1S/C14H17BrN2O4/c1-14(2,7-12(19)20)17-11(18)8-16-13(21)9-3-5-10(15)6-4-9/h3-6H,7-8H2,1-2H3,(H,16,21)(H,17,18)(H,19,20). The second-order valence-corrected chi connectivity index (χ2v) is 6.11. The van der Waals surface area contributed by atoms with Crippen LogP contribution in [0.4, 0.5) is 0 Å². The Morgan fingerprint density at radius 1 is 1.19 bits per heavy atom. The highest BCUT2D eigenvalue weighted by Crippen LogP contribution is 2.10. The molecule has 7 heteroatoms. The Kier molecular flexibility index (Phi) is 5.90. The van der Waals surface area contributed by atoms with Gasteiger partial charge in [-0.3, -0.25) is 14.4 Å². The topological polar surface area (TPSA) is 95.5 Å². The van der Waals surface area contributed by atoms with Gasteiger partial charge in [-0.05, 0) is 38.1 Å². The summed E-state index contributed by atoms with van der Waals surface area (Å²) in [7, 11) is 0. The van der Waals surface area contributed by atoms with Crippen LogP contribution in [-0.2, 0) is 9.59 Å². The van der Waals surface area contributed by atoms with E-state index in [9.17, 15) is 14.4 Å². The molecule has 0 aliphatic carbocycles. The first-order valence-electron chi connectivity index (χ1n) is 6.26. The fourth-order valence-electron chi connectivity index (χ4n) is 1.71. The lowest BCUT2D eigenvalue weighted by atomic mass is 10.0. The normalized spacial score (nSPS) is 10.8. The molecular formula is C14H17BrN2O4. The highest BCUT2D eigenvalue weighted by molar-refractivity contribution is 9.10. The zero-order valence-corrected chi connectivity index (χ0v) is 13.4. The summed E-state index contributed by atoms with van der Waals surface area (Å²) in [5.41, 5.74) is -0.429. The van der Waals surface area contributed by atoms with Crippen molar-refractivity contribution in [2.45, 2.75) is 25.8 Å². The first kappa shape index (κ1) is 17.2. The van der Waals surface area contributed by atoms with Gasteiger partial charge in [0.2, 0.25) is 5.91 Å². The maximum atomic E-state index is 11.8. The van der Waals surface area contributed by atoms with E-state index in [4.69, 9.17) is 5.11 Å². The molecule has 0 saturated carbocycles. The van der Waals surface area contributed by atoms with Crippen LogP contribution in [0.2, 0.25) is 0 Å². The van der Waals surface area contributed by atoms with Crippen LogP contribution in [0.1, 0.15) is 30.6 Å².